The van der Waals surface area contributed by atoms with Gasteiger partial charge in [-0.1, -0.05) is 162 Å². The van der Waals surface area contributed by atoms with Crippen molar-refractivity contribution in [2.75, 3.05) is 6.61 Å². The molecule has 1 unspecified atom stereocenters. The number of hydrogen-bond acceptors (Lipinski definition) is 5. The molecule has 0 spiro atoms. The van der Waals surface area contributed by atoms with Gasteiger partial charge in [0.25, 0.3) is 0 Å². The van der Waals surface area contributed by atoms with Gasteiger partial charge in [-0.15, -0.1) is 0 Å². The molecular formula is C34H69NO5. The van der Waals surface area contributed by atoms with Crippen LogP contribution in [0.5, 0.6) is 0 Å². The van der Waals surface area contributed by atoms with Gasteiger partial charge in [-0.2, -0.15) is 0 Å². The van der Waals surface area contributed by atoms with Crippen LogP contribution in [0.2, 0.25) is 0 Å². The second-order valence-electron chi connectivity index (χ2n) is 12.7. The number of hydrogen-bond donors (Lipinski definition) is 5. The Labute approximate surface area is 248 Å². The zero-order valence-corrected chi connectivity index (χ0v) is 26.8. The van der Waals surface area contributed by atoms with Crippen LogP contribution in [0, 0.1) is 5.92 Å². The SMILES string of the molecule is CCCCCCCCCCCCCCCC(O)C(=O)N[C@@H](CO)[C@H](O)[C@H](O)CCCCCCCCCCC(C)C. The van der Waals surface area contributed by atoms with Crippen LogP contribution in [-0.4, -0.2) is 57.3 Å². The van der Waals surface area contributed by atoms with Gasteiger partial charge in [-0.25, -0.2) is 0 Å². The van der Waals surface area contributed by atoms with Crippen molar-refractivity contribution in [1.82, 2.24) is 5.32 Å². The van der Waals surface area contributed by atoms with Gasteiger partial charge >= 0.3 is 0 Å². The van der Waals surface area contributed by atoms with Crippen molar-refractivity contribution < 1.29 is 25.2 Å². The molecule has 4 atom stereocenters. The fraction of sp³-hybridized carbons (Fsp3) is 0.971. The molecule has 0 aromatic heterocycles. The Balaban J connectivity index is 3.84. The number of amides is 1. The maximum absolute atomic E-state index is 12.4. The Kier molecular flexibility index (Phi) is 27.9. The summed E-state index contributed by atoms with van der Waals surface area (Å²) in [5.74, 6) is 0.206. The molecule has 0 aliphatic rings. The molecule has 40 heavy (non-hydrogen) atoms. The van der Waals surface area contributed by atoms with Crippen LogP contribution in [0.4, 0.5) is 0 Å². The maximum Gasteiger partial charge on any atom is 0.249 e. The monoisotopic (exact) mass is 572 g/mol. The largest absolute Gasteiger partial charge is 0.394 e. The molecule has 0 fully saturated rings. The first-order chi connectivity index (χ1) is 19.3. The van der Waals surface area contributed by atoms with Crippen molar-refractivity contribution in [3.8, 4) is 0 Å². The molecule has 0 aromatic carbocycles. The lowest BCUT2D eigenvalue weighted by Crippen LogP contribution is -2.53. The number of carbonyl (C=O) groups excluding carboxylic acids is 1. The van der Waals surface area contributed by atoms with Crippen LogP contribution in [0.1, 0.15) is 175 Å². The van der Waals surface area contributed by atoms with E-state index < -0.39 is 36.9 Å². The molecule has 0 saturated heterocycles. The van der Waals surface area contributed by atoms with Gasteiger partial charge in [-0.3, -0.25) is 4.79 Å². The zero-order valence-electron chi connectivity index (χ0n) is 26.8. The number of nitrogens with one attached hydrogen (secondary N) is 1. The number of unbranched alkanes of at least 4 members (excludes halogenated alkanes) is 19. The number of rotatable bonds is 30. The van der Waals surface area contributed by atoms with Crippen LogP contribution in [-0.2, 0) is 4.79 Å². The smallest absolute Gasteiger partial charge is 0.249 e. The van der Waals surface area contributed by atoms with E-state index in [9.17, 15) is 25.2 Å². The van der Waals surface area contributed by atoms with Gasteiger partial charge in [-0.05, 0) is 18.8 Å². The molecule has 0 aliphatic heterocycles. The summed E-state index contributed by atoms with van der Waals surface area (Å²) in [5.41, 5.74) is 0. The topological polar surface area (TPSA) is 110 Å². The van der Waals surface area contributed by atoms with Gasteiger partial charge in [0.05, 0.1) is 18.8 Å². The summed E-state index contributed by atoms with van der Waals surface area (Å²) < 4.78 is 0. The predicted molar refractivity (Wildman–Crippen MR) is 168 cm³/mol. The minimum absolute atomic E-state index is 0.373. The first-order valence-electron chi connectivity index (χ1n) is 17.3. The Morgan fingerprint density at radius 1 is 0.575 bits per heavy atom. The summed E-state index contributed by atoms with van der Waals surface area (Å²) in [4.78, 5) is 12.4. The van der Waals surface area contributed by atoms with Crippen molar-refractivity contribution >= 4 is 5.91 Å². The van der Waals surface area contributed by atoms with Gasteiger partial charge in [0.15, 0.2) is 0 Å². The molecule has 0 rings (SSSR count). The molecule has 1 amide bonds. The van der Waals surface area contributed by atoms with Gasteiger partial charge in [0.2, 0.25) is 5.91 Å². The van der Waals surface area contributed by atoms with Gasteiger partial charge < -0.3 is 25.7 Å². The summed E-state index contributed by atoms with van der Waals surface area (Å²) in [6.07, 6.45) is 24.1. The Morgan fingerprint density at radius 3 is 1.35 bits per heavy atom. The fourth-order valence-electron chi connectivity index (χ4n) is 5.41. The second kappa shape index (κ2) is 28.4. The first kappa shape index (κ1) is 39.3. The normalized spacial score (nSPS) is 14.8. The second-order valence-corrected chi connectivity index (χ2v) is 12.7. The molecule has 0 aliphatic carbocycles. The van der Waals surface area contributed by atoms with Crippen molar-refractivity contribution in [1.29, 1.82) is 0 Å². The Morgan fingerprint density at radius 2 is 0.950 bits per heavy atom. The summed E-state index contributed by atoms with van der Waals surface area (Å²) in [6, 6.07) is -0.977. The van der Waals surface area contributed by atoms with Crippen LogP contribution >= 0.6 is 0 Å². The highest BCUT2D eigenvalue weighted by Crippen LogP contribution is 2.16. The average Bonchev–Trinajstić information content (AvgIpc) is 2.94. The predicted octanol–water partition coefficient (Wildman–Crippen LogP) is 7.58. The quantitative estimate of drug-likeness (QED) is 0.0571. The van der Waals surface area contributed by atoms with Crippen LogP contribution in [0.3, 0.4) is 0 Å². The minimum atomic E-state index is -1.25. The third-order valence-corrected chi connectivity index (χ3v) is 8.25. The Hall–Kier alpha value is -0.690. The summed E-state index contributed by atoms with van der Waals surface area (Å²) in [7, 11) is 0. The van der Waals surface area contributed by atoms with Crippen molar-refractivity contribution in [2.24, 2.45) is 5.92 Å². The molecule has 0 heterocycles. The molecule has 0 bridgehead atoms. The van der Waals surface area contributed by atoms with E-state index in [0.717, 1.165) is 44.4 Å². The molecule has 0 radical (unpaired) electrons. The van der Waals surface area contributed by atoms with Crippen molar-refractivity contribution in [3.63, 3.8) is 0 Å². The summed E-state index contributed by atoms with van der Waals surface area (Å²) in [6.45, 7) is 6.31. The van der Waals surface area contributed by atoms with E-state index in [4.69, 9.17) is 0 Å². The van der Waals surface area contributed by atoms with E-state index in [-0.39, 0.29) is 0 Å². The maximum atomic E-state index is 12.4. The van der Waals surface area contributed by atoms with Gasteiger partial charge in [0, 0.05) is 0 Å². The first-order valence-corrected chi connectivity index (χ1v) is 17.3. The summed E-state index contributed by atoms with van der Waals surface area (Å²) in [5, 5.41) is 43.3. The third kappa shape index (κ3) is 24.0. The highest BCUT2D eigenvalue weighted by atomic mass is 16.3. The average molecular weight is 572 g/mol. The zero-order chi connectivity index (χ0) is 29.8. The highest BCUT2D eigenvalue weighted by Gasteiger charge is 2.28. The van der Waals surface area contributed by atoms with Crippen LogP contribution < -0.4 is 5.32 Å². The van der Waals surface area contributed by atoms with Crippen LogP contribution in [0.15, 0.2) is 0 Å². The molecule has 0 saturated carbocycles. The summed E-state index contributed by atoms with van der Waals surface area (Å²) >= 11 is 0. The van der Waals surface area contributed by atoms with Gasteiger partial charge in [0.1, 0.15) is 12.2 Å². The van der Waals surface area contributed by atoms with E-state index in [1.54, 1.807) is 0 Å². The molecule has 5 N–H and O–H groups in total. The molecule has 240 valence electrons. The minimum Gasteiger partial charge on any atom is -0.394 e. The molecular weight excluding hydrogens is 502 g/mol. The van der Waals surface area contributed by atoms with E-state index in [1.165, 1.54) is 103 Å². The molecule has 6 heteroatoms. The van der Waals surface area contributed by atoms with E-state index in [0.29, 0.717) is 12.8 Å². The third-order valence-electron chi connectivity index (χ3n) is 8.25. The standard InChI is InChI=1S/C34H69NO5/c1-4-5-6-7-8-9-10-11-12-13-18-21-24-27-32(38)34(40)35-30(28-36)33(39)31(37)26-23-20-17-15-14-16-19-22-25-29(2)3/h29-33,36-39H,4-28H2,1-3H3,(H,35,40)/t30-,31+,32?,33-/m0/s1. The lowest BCUT2D eigenvalue weighted by molar-refractivity contribution is -0.132. The Bertz CT molecular complexity index is 544. The number of aliphatic hydroxyl groups excluding tert-OH is 4. The fourth-order valence-corrected chi connectivity index (χ4v) is 5.41. The highest BCUT2D eigenvalue weighted by molar-refractivity contribution is 5.80. The van der Waals surface area contributed by atoms with E-state index >= 15 is 0 Å². The van der Waals surface area contributed by atoms with E-state index in [2.05, 4.69) is 26.1 Å². The lowest BCUT2D eigenvalue weighted by atomic mass is 9.99. The molecule has 6 nitrogen and oxygen atoms in total. The van der Waals surface area contributed by atoms with Crippen molar-refractivity contribution in [3.05, 3.63) is 0 Å². The lowest BCUT2D eigenvalue weighted by Gasteiger charge is -2.27. The van der Waals surface area contributed by atoms with E-state index in [1.807, 2.05) is 0 Å². The van der Waals surface area contributed by atoms with Crippen LogP contribution in [0.25, 0.3) is 0 Å². The number of carbonyl (C=O) groups is 1. The molecule has 0 aromatic rings. The number of aliphatic hydroxyl groups is 4. The van der Waals surface area contributed by atoms with Crippen molar-refractivity contribution in [2.45, 2.75) is 199 Å².